The van der Waals surface area contributed by atoms with Crippen LogP contribution in [0.3, 0.4) is 0 Å². The van der Waals surface area contributed by atoms with Gasteiger partial charge in [-0.1, -0.05) is 26.3 Å². The van der Waals surface area contributed by atoms with E-state index < -0.39 is 0 Å². The standard InChI is InChI=1S/C14H23N3/c1-3-10(2)9-13(17-15)12-7-6-11-5-4-8-16-14(11)12/h4-5,8,10,12-13,17H,3,6-7,9,15H2,1-2H3. The highest BCUT2D eigenvalue weighted by Crippen LogP contribution is 2.35. The first-order chi connectivity index (χ1) is 8.26. The lowest BCUT2D eigenvalue weighted by Gasteiger charge is -2.25. The third-order valence-corrected chi connectivity index (χ3v) is 4.06. The summed E-state index contributed by atoms with van der Waals surface area (Å²) >= 11 is 0. The summed E-state index contributed by atoms with van der Waals surface area (Å²) in [5.41, 5.74) is 5.68. The molecular formula is C14H23N3. The zero-order chi connectivity index (χ0) is 12.3. The van der Waals surface area contributed by atoms with Gasteiger partial charge in [-0.3, -0.25) is 16.3 Å². The molecule has 3 nitrogen and oxygen atoms in total. The number of nitrogens with one attached hydrogen (secondary N) is 1. The molecular weight excluding hydrogens is 210 g/mol. The predicted octanol–water partition coefficient (Wildman–Crippen LogP) is 2.38. The first-order valence-corrected chi connectivity index (χ1v) is 6.66. The Hall–Kier alpha value is -0.930. The van der Waals surface area contributed by atoms with Crippen molar-refractivity contribution in [1.82, 2.24) is 10.4 Å². The number of pyridine rings is 1. The Balaban J connectivity index is 2.12. The maximum atomic E-state index is 5.73. The first kappa shape index (κ1) is 12.5. The number of fused-ring (bicyclic) bond motifs is 1. The van der Waals surface area contributed by atoms with E-state index in [-0.39, 0.29) is 0 Å². The number of hydrazine groups is 1. The Morgan fingerprint density at radius 3 is 3.12 bits per heavy atom. The van der Waals surface area contributed by atoms with Gasteiger partial charge in [-0.2, -0.15) is 0 Å². The van der Waals surface area contributed by atoms with Crippen LogP contribution in [0.4, 0.5) is 0 Å². The minimum absolute atomic E-state index is 0.362. The SMILES string of the molecule is CCC(C)CC(NN)C1CCc2cccnc21. The largest absolute Gasteiger partial charge is 0.271 e. The second kappa shape index (κ2) is 5.61. The molecule has 3 atom stereocenters. The molecule has 0 fully saturated rings. The highest BCUT2D eigenvalue weighted by molar-refractivity contribution is 5.29. The summed E-state index contributed by atoms with van der Waals surface area (Å²) in [6, 6.07) is 4.58. The van der Waals surface area contributed by atoms with E-state index in [4.69, 9.17) is 5.84 Å². The van der Waals surface area contributed by atoms with Gasteiger partial charge in [0.05, 0.1) is 0 Å². The van der Waals surface area contributed by atoms with Crippen molar-refractivity contribution in [1.29, 1.82) is 0 Å². The molecule has 2 rings (SSSR count). The first-order valence-electron chi connectivity index (χ1n) is 6.66. The third-order valence-electron chi connectivity index (χ3n) is 4.06. The van der Waals surface area contributed by atoms with Crippen molar-refractivity contribution < 1.29 is 0 Å². The summed E-state index contributed by atoms with van der Waals surface area (Å²) in [6.07, 6.45) is 6.56. The molecule has 0 saturated heterocycles. The van der Waals surface area contributed by atoms with Crippen LogP contribution in [0.15, 0.2) is 18.3 Å². The van der Waals surface area contributed by atoms with E-state index in [0.717, 1.165) is 12.8 Å². The van der Waals surface area contributed by atoms with Gasteiger partial charge >= 0.3 is 0 Å². The third kappa shape index (κ3) is 2.67. The minimum Gasteiger partial charge on any atom is -0.271 e. The van der Waals surface area contributed by atoms with Gasteiger partial charge in [0.25, 0.3) is 0 Å². The van der Waals surface area contributed by atoms with Crippen molar-refractivity contribution >= 4 is 0 Å². The normalized spacial score (nSPS) is 22.2. The van der Waals surface area contributed by atoms with Gasteiger partial charge in [-0.15, -0.1) is 0 Å². The van der Waals surface area contributed by atoms with E-state index in [2.05, 4.69) is 30.3 Å². The van der Waals surface area contributed by atoms with Crippen molar-refractivity contribution in [3.8, 4) is 0 Å². The Bertz CT molecular complexity index is 364. The molecule has 1 aromatic rings. The zero-order valence-electron chi connectivity index (χ0n) is 10.8. The van der Waals surface area contributed by atoms with Gasteiger partial charge in [0.2, 0.25) is 0 Å². The van der Waals surface area contributed by atoms with Gasteiger partial charge in [-0.05, 0) is 36.8 Å². The van der Waals surface area contributed by atoms with Crippen LogP contribution < -0.4 is 11.3 Å². The van der Waals surface area contributed by atoms with Gasteiger partial charge in [0.15, 0.2) is 0 Å². The zero-order valence-corrected chi connectivity index (χ0v) is 10.8. The number of nitrogens with two attached hydrogens (primary N) is 1. The van der Waals surface area contributed by atoms with Gasteiger partial charge in [-0.25, -0.2) is 0 Å². The number of rotatable bonds is 5. The van der Waals surface area contributed by atoms with Gasteiger partial charge < -0.3 is 0 Å². The van der Waals surface area contributed by atoms with Crippen molar-refractivity contribution in [3.63, 3.8) is 0 Å². The second-order valence-electron chi connectivity index (χ2n) is 5.22. The van der Waals surface area contributed by atoms with Gasteiger partial charge in [0.1, 0.15) is 0 Å². The number of aromatic nitrogens is 1. The molecule has 94 valence electrons. The second-order valence-corrected chi connectivity index (χ2v) is 5.22. The average molecular weight is 233 g/mol. The Labute approximate surface area is 104 Å². The Morgan fingerprint density at radius 1 is 1.59 bits per heavy atom. The molecule has 0 spiro atoms. The maximum absolute atomic E-state index is 5.73. The highest BCUT2D eigenvalue weighted by atomic mass is 15.2. The summed E-state index contributed by atoms with van der Waals surface area (Å²) in [4.78, 5) is 4.55. The molecule has 0 aliphatic heterocycles. The number of nitrogens with zero attached hydrogens (tertiary/aromatic N) is 1. The molecule has 0 radical (unpaired) electrons. The summed E-state index contributed by atoms with van der Waals surface area (Å²) in [6.45, 7) is 4.53. The molecule has 0 amide bonds. The molecule has 0 bridgehead atoms. The fourth-order valence-corrected chi connectivity index (χ4v) is 2.78. The lowest BCUT2D eigenvalue weighted by Crippen LogP contribution is -2.40. The summed E-state index contributed by atoms with van der Waals surface area (Å²) < 4.78 is 0. The van der Waals surface area contributed by atoms with Crippen LogP contribution in [0.1, 0.15) is 50.3 Å². The van der Waals surface area contributed by atoms with Crippen molar-refractivity contribution in [2.24, 2.45) is 11.8 Å². The van der Waals surface area contributed by atoms with E-state index in [1.54, 1.807) is 0 Å². The van der Waals surface area contributed by atoms with E-state index in [0.29, 0.717) is 17.9 Å². The highest BCUT2D eigenvalue weighted by Gasteiger charge is 2.30. The summed E-state index contributed by atoms with van der Waals surface area (Å²) in [7, 11) is 0. The molecule has 17 heavy (non-hydrogen) atoms. The fraction of sp³-hybridized carbons (Fsp3) is 0.643. The smallest absolute Gasteiger partial charge is 0.0482 e. The van der Waals surface area contributed by atoms with Crippen LogP contribution in [-0.2, 0) is 6.42 Å². The van der Waals surface area contributed by atoms with Crippen LogP contribution in [0.5, 0.6) is 0 Å². The van der Waals surface area contributed by atoms with Crippen LogP contribution in [-0.4, -0.2) is 11.0 Å². The molecule has 1 aromatic heterocycles. The van der Waals surface area contributed by atoms with Crippen LogP contribution >= 0.6 is 0 Å². The molecule has 3 unspecified atom stereocenters. The van der Waals surface area contributed by atoms with E-state index in [1.165, 1.54) is 24.1 Å². The summed E-state index contributed by atoms with van der Waals surface area (Å²) in [5, 5.41) is 0. The molecule has 0 aromatic carbocycles. The van der Waals surface area contributed by atoms with Gasteiger partial charge in [0, 0.05) is 23.9 Å². The Morgan fingerprint density at radius 2 is 2.41 bits per heavy atom. The quantitative estimate of drug-likeness (QED) is 0.606. The van der Waals surface area contributed by atoms with E-state index in [9.17, 15) is 0 Å². The predicted molar refractivity (Wildman–Crippen MR) is 70.5 cm³/mol. The Kier molecular flexibility index (Phi) is 4.13. The average Bonchev–Trinajstić information content (AvgIpc) is 2.79. The van der Waals surface area contributed by atoms with E-state index in [1.807, 2.05) is 12.3 Å². The molecule has 3 heteroatoms. The van der Waals surface area contributed by atoms with Crippen molar-refractivity contribution in [2.45, 2.75) is 51.5 Å². The monoisotopic (exact) mass is 233 g/mol. The van der Waals surface area contributed by atoms with Crippen LogP contribution in [0, 0.1) is 5.92 Å². The molecule has 1 heterocycles. The topological polar surface area (TPSA) is 50.9 Å². The summed E-state index contributed by atoms with van der Waals surface area (Å²) in [5.74, 6) is 6.94. The number of aryl methyl sites for hydroxylation is 1. The maximum Gasteiger partial charge on any atom is 0.0482 e. The minimum atomic E-state index is 0.362. The molecule has 3 N–H and O–H groups in total. The molecule has 1 aliphatic rings. The number of hydrogen-bond acceptors (Lipinski definition) is 3. The van der Waals surface area contributed by atoms with Crippen molar-refractivity contribution in [3.05, 3.63) is 29.6 Å². The van der Waals surface area contributed by atoms with Crippen molar-refractivity contribution in [2.75, 3.05) is 0 Å². The van der Waals surface area contributed by atoms with Crippen LogP contribution in [0.25, 0.3) is 0 Å². The molecule has 1 aliphatic carbocycles. The lowest BCUT2D eigenvalue weighted by atomic mass is 9.89. The molecule has 0 saturated carbocycles. The fourth-order valence-electron chi connectivity index (χ4n) is 2.78. The van der Waals surface area contributed by atoms with Crippen LogP contribution in [0.2, 0.25) is 0 Å². The lowest BCUT2D eigenvalue weighted by molar-refractivity contribution is 0.346. The number of hydrogen-bond donors (Lipinski definition) is 2. The van der Waals surface area contributed by atoms with E-state index >= 15 is 0 Å².